The molecule has 1 N–H and O–H groups in total. The number of amides is 1. The van der Waals surface area contributed by atoms with Gasteiger partial charge in [0.2, 0.25) is 0 Å². The Morgan fingerprint density at radius 2 is 2.00 bits per heavy atom. The molecular weight excluding hydrogens is 364 g/mol. The number of methoxy groups -OCH3 is 1. The lowest BCUT2D eigenvalue weighted by molar-refractivity contribution is 0.0951. The van der Waals surface area contributed by atoms with Crippen molar-refractivity contribution in [1.82, 2.24) is 15.3 Å². The summed E-state index contributed by atoms with van der Waals surface area (Å²) in [6.45, 7) is 2.27. The van der Waals surface area contributed by atoms with Gasteiger partial charge in [-0.2, -0.15) is 0 Å². The number of carbonyl (C=O) groups is 1. The topological polar surface area (TPSA) is 67.3 Å². The fraction of sp³-hybridized carbons (Fsp3) is 0.261. The van der Waals surface area contributed by atoms with Crippen molar-refractivity contribution in [3.05, 3.63) is 78.2 Å². The number of nitrogens with zero attached hydrogens (tertiary/aromatic N) is 3. The molecule has 148 valence electrons. The zero-order valence-electron chi connectivity index (χ0n) is 16.4. The summed E-state index contributed by atoms with van der Waals surface area (Å²) in [5.74, 6) is -0.103. The molecule has 1 amide bonds. The van der Waals surface area contributed by atoms with Crippen LogP contribution in [0.2, 0.25) is 0 Å². The van der Waals surface area contributed by atoms with Crippen LogP contribution in [0.5, 0.6) is 0 Å². The van der Waals surface area contributed by atoms with Gasteiger partial charge in [-0.25, -0.2) is 0 Å². The van der Waals surface area contributed by atoms with Gasteiger partial charge in [0.1, 0.15) is 0 Å². The first-order chi connectivity index (χ1) is 14.2. The van der Waals surface area contributed by atoms with Crippen LogP contribution in [0.15, 0.2) is 67.1 Å². The number of pyridine rings is 2. The summed E-state index contributed by atoms with van der Waals surface area (Å²) in [6, 6.07) is 15.4. The van der Waals surface area contributed by atoms with E-state index in [1.807, 2.05) is 48.5 Å². The van der Waals surface area contributed by atoms with Gasteiger partial charge in [0.25, 0.3) is 5.91 Å². The second-order valence-corrected chi connectivity index (χ2v) is 7.07. The molecule has 4 rings (SSSR count). The third kappa shape index (κ3) is 4.43. The first kappa shape index (κ1) is 19.1. The molecular formula is C23H24N4O2. The van der Waals surface area contributed by atoms with Gasteiger partial charge in [-0.3, -0.25) is 14.8 Å². The van der Waals surface area contributed by atoms with Crippen molar-refractivity contribution in [2.75, 3.05) is 25.1 Å². The van der Waals surface area contributed by atoms with Gasteiger partial charge in [-0.15, -0.1) is 0 Å². The average molecular weight is 388 g/mol. The van der Waals surface area contributed by atoms with E-state index in [1.54, 1.807) is 25.7 Å². The molecule has 29 heavy (non-hydrogen) atoms. The lowest BCUT2D eigenvalue weighted by Gasteiger charge is -2.18. The van der Waals surface area contributed by atoms with Crippen LogP contribution in [0.4, 0.5) is 5.69 Å². The minimum absolute atomic E-state index is 0.103. The van der Waals surface area contributed by atoms with Crippen molar-refractivity contribution in [1.29, 1.82) is 0 Å². The highest BCUT2D eigenvalue weighted by Gasteiger charge is 2.22. The summed E-state index contributed by atoms with van der Waals surface area (Å²) in [6.07, 6.45) is 6.57. The molecule has 0 radical (unpaired) electrons. The monoisotopic (exact) mass is 388 g/mol. The van der Waals surface area contributed by atoms with Gasteiger partial charge in [0.05, 0.1) is 11.8 Å². The summed E-state index contributed by atoms with van der Waals surface area (Å²) in [4.78, 5) is 23.5. The Balaban J connectivity index is 1.41. The quantitative estimate of drug-likeness (QED) is 0.702. The molecule has 0 saturated carbocycles. The first-order valence-corrected chi connectivity index (χ1v) is 9.75. The molecule has 1 atom stereocenters. The lowest BCUT2D eigenvalue weighted by Crippen LogP contribution is -2.24. The standard InChI is InChI=1S/C23H24N4O2/c1-29-21-10-13-27(16-21)20-8-6-17(7-9-20)23(28)26-15-19-5-3-12-25-22(19)18-4-2-11-24-14-18/h2-9,11-12,14,21H,10,13,15-16H2,1H3,(H,26,28). The van der Waals surface area contributed by atoms with Gasteiger partial charge in [0, 0.05) is 62.1 Å². The van der Waals surface area contributed by atoms with Gasteiger partial charge < -0.3 is 15.0 Å². The highest BCUT2D eigenvalue weighted by molar-refractivity contribution is 5.94. The number of benzene rings is 1. The second-order valence-electron chi connectivity index (χ2n) is 7.07. The third-order valence-corrected chi connectivity index (χ3v) is 5.24. The largest absolute Gasteiger partial charge is 0.380 e. The molecule has 0 spiro atoms. The summed E-state index contributed by atoms with van der Waals surface area (Å²) in [5, 5.41) is 3.00. The number of hydrogen-bond donors (Lipinski definition) is 1. The van der Waals surface area contributed by atoms with Crippen LogP contribution >= 0.6 is 0 Å². The maximum Gasteiger partial charge on any atom is 0.251 e. The molecule has 3 heterocycles. The number of anilines is 1. The molecule has 0 aliphatic carbocycles. The van der Waals surface area contributed by atoms with Crippen LogP contribution in [0, 0.1) is 0 Å². The molecule has 3 aromatic rings. The van der Waals surface area contributed by atoms with Crippen LogP contribution in [-0.4, -0.2) is 42.2 Å². The van der Waals surface area contributed by atoms with E-state index in [4.69, 9.17) is 4.74 Å². The number of ether oxygens (including phenoxy) is 1. The zero-order valence-corrected chi connectivity index (χ0v) is 16.4. The third-order valence-electron chi connectivity index (χ3n) is 5.24. The Bertz CT molecular complexity index is 960. The van der Waals surface area contributed by atoms with E-state index in [1.165, 1.54) is 0 Å². The van der Waals surface area contributed by atoms with Gasteiger partial charge >= 0.3 is 0 Å². The zero-order chi connectivity index (χ0) is 20.1. The van der Waals surface area contributed by atoms with Crippen molar-refractivity contribution < 1.29 is 9.53 Å². The number of carbonyl (C=O) groups excluding carboxylic acids is 1. The highest BCUT2D eigenvalue weighted by Crippen LogP contribution is 2.22. The van der Waals surface area contributed by atoms with E-state index in [9.17, 15) is 4.79 Å². The van der Waals surface area contributed by atoms with Crippen LogP contribution in [0.1, 0.15) is 22.3 Å². The van der Waals surface area contributed by atoms with E-state index in [0.29, 0.717) is 12.1 Å². The molecule has 1 aliphatic rings. The summed E-state index contributed by atoms with van der Waals surface area (Å²) < 4.78 is 5.43. The molecule has 0 bridgehead atoms. The van der Waals surface area contributed by atoms with Gasteiger partial charge in [-0.05, 0) is 54.4 Å². The van der Waals surface area contributed by atoms with Gasteiger partial charge in [0.15, 0.2) is 0 Å². The van der Waals surface area contributed by atoms with Crippen LogP contribution < -0.4 is 10.2 Å². The van der Waals surface area contributed by atoms with Crippen molar-refractivity contribution in [2.45, 2.75) is 19.1 Å². The fourth-order valence-corrected chi connectivity index (χ4v) is 3.60. The minimum atomic E-state index is -0.103. The molecule has 1 aliphatic heterocycles. The number of hydrogen-bond acceptors (Lipinski definition) is 5. The first-order valence-electron chi connectivity index (χ1n) is 9.75. The Morgan fingerprint density at radius 3 is 2.72 bits per heavy atom. The van der Waals surface area contributed by atoms with Crippen molar-refractivity contribution in [2.24, 2.45) is 0 Å². The second kappa shape index (κ2) is 8.84. The smallest absolute Gasteiger partial charge is 0.251 e. The van der Waals surface area contributed by atoms with E-state index in [0.717, 1.165) is 42.0 Å². The molecule has 1 aromatic carbocycles. The predicted molar refractivity (Wildman–Crippen MR) is 113 cm³/mol. The van der Waals surface area contributed by atoms with E-state index >= 15 is 0 Å². The number of rotatable bonds is 6. The van der Waals surface area contributed by atoms with E-state index in [-0.39, 0.29) is 12.0 Å². The molecule has 1 unspecified atom stereocenters. The van der Waals surface area contributed by atoms with Crippen LogP contribution in [0.3, 0.4) is 0 Å². The van der Waals surface area contributed by atoms with Crippen LogP contribution in [0.25, 0.3) is 11.3 Å². The SMILES string of the molecule is COC1CCN(c2ccc(C(=O)NCc3cccnc3-c3cccnc3)cc2)C1. The Morgan fingerprint density at radius 1 is 1.17 bits per heavy atom. The van der Waals surface area contributed by atoms with Crippen molar-refractivity contribution in [3.63, 3.8) is 0 Å². The van der Waals surface area contributed by atoms with Crippen molar-refractivity contribution >= 4 is 11.6 Å². The normalized spacial score (nSPS) is 16.0. The molecule has 2 aromatic heterocycles. The van der Waals surface area contributed by atoms with Crippen molar-refractivity contribution in [3.8, 4) is 11.3 Å². The number of aromatic nitrogens is 2. The average Bonchev–Trinajstić information content (AvgIpc) is 3.28. The summed E-state index contributed by atoms with van der Waals surface area (Å²) >= 11 is 0. The van der Waals surface area contributed by atoms with E-state index < -0.39 is 0 Å². The highest BCUT2D eigenvalue weighted by atomic mass is 16.5. The van der Waals surface area contributed by atoms with Gasteiger partial charge in [-0.1, -0.05) is 6.07 Å². The Hall–Kier alpha value is -3.25. The number of nitrogens with one attached hydrogen (secondary N) is 1. The fourth-order valence-electron chi connectivity index (χ4n) is 3.60. The Kier molecular flexibility index (Phi) is 5.81. The Labute approximate surface area is 170 Å². The molecule has 1 fully saturated rings. The predicted octanol–water partition coefficient (Wildman–Crippen LogP) is 3.30. The lowest BCUT2D eigenvalue weighted by atomic mass is 10.1. The van der Waals surface area contributed by atoms with Crippen LogP contribution in [-0.2, 0) is 11.3 Å². The maximum absolute atomic E-state index is 12.6. The maximum atomic E-state index is 12.6. The molecule has 1 saturated heterocycles. The summed E-state index contributed by atoms with van der Waals surface area (Å²) in [5.41, 5.74) is 4.48. The summed E-state index contributed by atoms with van der Waals surface area (Å²) in [7, 11) is 1.75. The minimum Gasteiger partial charge on any atom is -0.380 e. The van der Waals surface area contributed by atoms with E-state index in [2.05, 4.69) is 20.2 Å². The molecule has 6 nitrogen and oxygen atoms in total. The molecule has 6 heteroatoms.